The van der Waals surface area contributed by atoms with E-state index >= 15 is 0 Å². The molecule has 4 aromatic rings. The van der Waals surface area contributed by atoms with Gasteiger partial charge in [0.25, 0.3) is 17.7 Å². The van der Waals surface area contributed by atoms with Gasteiger partial charge in [-0.25, -0.2) is 4.39 Å². The van der Waals surface area contributed by atoms with Gasteiger partial charge in [-0.2, -0.15) is 0 Å². The minimum atomic E-state index is -1.02. The highest BCUT2D eigenvalue weighted by Gasteiger charge is 2.45. The van der Waals surface area contributed by atoms with Crippen molar-refractivity contribution in [3.05, 3.63) is 88.2 Å². The molecule has 1 saturated heterocycles. The van der Waals surface area contributed by atoms with Crippen LogP contribution >= 0.6 is 0 Å². The van der Waals surface area contributed by atoms with E-state index in [1.807, 2.05) is 0 Å². The van der Waals surface area contributed by atoms with E-state index in [-0.39, 0.29) is 35.8 Å². The van der Waals surface area contributed by atoms with Crippen LogP contribution < -0.4 is 21.3 Å². The van der Waals surface area contributed by atoms with Gasteiger partial charge < -0.3 is 40.0 Å². The van der Waals surface area contributed by atoms with Gasteiger partial charge >= 0.3 is 0 Å². The van der Waals surface area contributed by atoms with Crippen LogP contribution in [-0.2, 0) is 41.6 Å². The second-order valence-electron chi connectivity index (χ2n) is 15.5. The van der Waals surface area contributed by atoms with E-state index < -0.39 is 35.5 Å². The van der Waals surface area contributed by atoms with Crippen LogP contribution in [0.2, 0.25) is 0 Å². The van der Waals surface area contributed by atoms with E-state index in [1.165, 1.54) is 12.1 Å². The molecule has 0 bridgehead atoms. The average molecular weight is 854 g/mol. The van der Waals surface area contributed by atoms with Crippen LogP contribution in [-0.4, -0.2) is 129 Å². The van der Waals surface area contributed by atoms with Gasteiger partial charge in [-0.3, -0.25) is 39.0 Å². The molecule has 1 aromatic heterocycles. The van der Waals surface area contributed by atoms with Gasteiger partial charge in [0.1, 0.15) is 11.9 Å². The molecule has 1 unspecified atom stereocenters. The minimum Gasteiger partial charge on any atom is -0.382 e. The minimum absolute atomic E-state index is 0.0117. The fourth-order valence-corrected chi connectivity index (χ4v) is 8.09. The molecule has 3 aliphatic heterocycles. The molecule has 5 N–H and O–H groups in total. The number of nitrogens with zero attached hydrogens (tertiary/aromatic N) is 2. The molecule has 1 fully saturated rings. The molecule has 17 heteroatoms. The molecule has 0 spiro atoms. The van der Waals surface area contributed by atoms with E-state index in [4.69, 9.17) is 14.2 Å². The molecular weight excluding hydrogens is 802 g/mol. The van der Waals surface area contributed by atoms with E-state index in [0.29, 0.717) is 88.9 Å². The zero-order valence-corrected chi connectivity index (χ0v) is 34.7. The van der Waals surface area contributed by atoms with Crippen molar-refractivity contribution in [1.82, 2.24) is 30.7 Å². The molecule has 62 heavy (non-hydrogen) atoms. The van der Waals surface area contributed by atoms with Crippen molar-refractivity contribution in [2.24, 2.45) is 0 Å². The summed E-state index contributed by atoms with van der Waals surface area (Å²) >= 11 is 0. The van der Waals surface area contributed by atoms with Gasteiger partial charge in [0.2, 0.25) is 17.7 Å². The van der Waals surface area contributed by atoms with Crippen molar-refractivity contribution in [3.63, 3.8) is 0 Å². The molecule has 6 amide bonds. The molecule has 3 aromatic carbocycles. The summed E-state index contributed by atoms with van der Waals surface area (Å²) in [7, 11) is 2.06. The number of carbonyl (C=O) groups is 6. The smallest absolute Gasteiger partial charge is 0.264 e. The highest BCUT2D eigenvalue weighted by molar-refractivity contribution is 6.25. The molecular formula is C45H52FN7O9. The second kappa shape index (κ2) is 20.7. The van der Waals surface area contributed by atoms with Crippen molar-refractivity contribution >= 4 is 52.0 Å². The van der Waals surface area contributed by atoms with Gasteiger partial charge in [0, 0.05) is 61.3 Å². The number of ether oxygens (including phenoxy) is 3. The zero-order chi connectivity index (χ0) is 43.6. The number of fused-ring (bicyclic) bond motifs is 1. The Hall–Kier alpha value is -6.01. The molecule has 7 rings (SSSR count). The summed E-state index contributed by atoms with van der Waals surface area (Å²) in [5.74, 6) is -2.92. The molecule has 1 atom stereocenters. The lowest BCUT2D eigenvalue weighted by molar-refractivity contribution is -0.136. The summed E-state index contributed by atoms with van der Waals surface area (Å²) in [5.41, 5.74) is 5.92. The van der Waals surface area contributed by atoms with Crippen LogP contribution in [0.15, 0.2) is 54.6 Å². The number of halogens is 1. The first-order valence-corrected chi connectivity index (χ1v) is 21.1. The first-order valence-electron chi connectivity index (χ1n) is 21.1. The van der Waals surface area contributed by atoms with Crippen molar-refractivity contribution in [2.45, 2.75) is 51.1 Å². The van der Waals surface area contributed by atoms with Gasteiger partial charge in [0.05, 0.1) is 56.3 Å². The summed E-state index contributed by atoms with van der Waals surface area (Å²) < 4.78 is 31.0. The number of hydrogen-bond donors (Lipinski definition) is 5. The number of aromatic amines is 1. The lowest BCUT2D eigenvalue weighted by atomic mass is 9.99. The quantitative estimate of drug-likeness (QED) is 0.0573. The molecule has 4 heterocycles. The summed E-state index contributed by atoms with van der Waals surface area (Å²) in [6.45, 7) is 5.02. The number of imide groups is 2. The van der Waals surface area contributed by atoms with E-state index in [1.54, 1.807) is 18.2 Å². The topological polar surface area (TPSA) is 200 Å². The van der Waals surface area contributed by atoms with Crippen LogP contribution in [0.25, 0.3) is 22.2 Å². The number of carbonyl (C=O) groups excluding carboxylic acids is 6. The molecule has 0 radical (unpaired) electrons. The Balaban J connectivity index is 0.691. The highest BCUT2D eigenvalue weighted by atomic mass is 19.1. The Labute approximate surface area is 358 Å². The van der Waals surface area contributed by atoms with Crippen LogP contribution in [0.4, 0.5) is 10.1 Å². The van der Waals surface area contributed by atoms with Crippen molar-refractivity contribution in [2.75, 3.05) is 78.2 Å². The number of rotatable bonds is 22. The zero-order valence-electron chi connectivity index (χ0n) is 34.7. The predicted octanol–water partition coefficient (Wildman–Crippen LogP) is 3.54. The highest BCUT2D eigenvalue weighted by Crippen LogP contribution is 2.35. The van der Waals surface area contributed by atoms with Crippen LogP contribution in [0.3, 0.4) is 0 Å². The summed E-state index contributed by atoms with van der Waals surface area (Å²) in [6, 6.07) is 14.9. The number of H-pyrrole nitrogens is 1. The van der Waals surface area contributed by atoms with Gasteiger partial charge in [-0.15, -0.1) is 0 Å². The number of anilines is 1. The summed E-state index contributed by atoms with van der Waals surface area (Å²) in [5, 5.41) is 11.9. The number of nitrogens with one attached hydrogen (secondary N) is 5. The average Bonchev–Trinajstić information content (AvgIpc) is 3.67. The Morgan fingerprint density at radius 1 is 0.871 bits per heavy atom. The van der Waals surface area contributed by atoms with Crippen LogP contribution in [0, 0.1) is 5.82 Å². The Morgan fingerprint density at radius 2 is 1.61 bits per heavy atom. The van der Waals surface area contributed by atoms with Gasteiger partial charge in [0.15, 0.2) is 0 Å². The number of piperidine rings is 1. The Kier molecular flexibility index (Phi) is 14.7. The standard InChI is InChI=1S/C45H52FN7O9/c1-52(27-28-8-10-29(11-9-28)41-31-14-15-49-42(56)33-25-30(46)26-35(50-41)39(31)33)18-3-2-7-37(54)48-17-20-61-22-24-62-23-21-60-19-16-47-34-6-4-5-32-40(34)45(59)53(44(32)58)36-12-13-38(55)51-43(36)57/h4-6,8-11,25-26,36,47,50H,2-3,7,12-24,27H2,1H3,(H,48,54)(H,49,56)(H,51,55,57). The number of hydrogen-bond acceptors (Lipinski definition) is 11. The maximum Gasteiger partial charge on any atom is 0.264 e. The van der Waals surface area contributed by atoms with Crippen molar-refractivity contribution in [1.29, 1.82) is 0 Å². The normalized spacial score (nSPS) is 16.1. The van der Waals surface area contributed by atoms with E-state index in [9.17, 15) is 33.2 Å². The predicted molar refractivity (Wildman–Crippen MR) is 227 cm³/mol. The summed E-state index contributed by atoms with van der Waals surface area (Å²) in [6.07, 6.45) is 2.89. The maximum atomic E-state index is 14.3. The van der Waals surface area contributed by atoms with Crippen LogP contribution in [0.5, 0.6) is 0 Å². The second-order valence-corrected chi connectivity index (χ2v) is 15.5. The van der Waals surface area contributed by atoms with Crippen LogP contribution in [0.1, 0.15) is 74.3 Å². The molecule has 3 aliphatic rings. The van der Waals surface area contributed by atoms with Gasteiger partial charge in [-0.1, -0.05) is 30.3 Å². The Morgan fingerprint density at radius 3 is 2.37 bits per heavy atom. The third-order valence-electron chi connectivity index (χ3n) is 11.1. The molecule has 16 nitrogen and oxygen atoms in total. The molecule has 0 aliphatic carbocycles. The van der Waals surface area contributed by atoms with Crippen molar-refractivity contribution in [3.8, 4) is 11.3 Å². The van der Waals surface area contributed by atoms with Gasteiger partial charge in [-0.05, 0) is 80.2 Å². The number of benzene rings is 3. The number of unbranched alkanes of at least 4 members (excludes halogenated alkanes) is 1. The third kappa shape index (κ3) is 10.5. The number of amides is 6. The lowest BCUT2D eigenvalue weighted by Gasteiger charge is -2.27. The number of aromatic nitrogens is 1. The fraction of sp³-hybridized carbons (Fsp3) is 0.422. The molecule has 0 saturated carbocycles. The van der Waals surface area contributed by atoms with E-state index in [0.717, 1.165) is 58.6 Å². The lowest BCUT2D eigenvalue weighted by Crippen LogP contribution is -2.54. The molecule has 328 valence electrons. The Bertz CT molecular complexity index is 2310. The first kappa shape index (κ1) is 44.1. The third-order valence-corrected chi connectivity index (χ3v) is 11.1. The largest absolute Gasteiger partial charge is 0.382 e. The first-order chi connectivity index (χ1) is 30.1. The van der Waals surface area contributed by atoms with E-state index in [2.05, 4.69) is 62.5 Å². The van der Waals surface area contributed by atoms with Crippen molar-refractivity contribution < 1.29 is 47.4 Å². The fourth-order valence-electron chi connectivity index (χ4n) is 8.09. The SMILES string of the molecule is CN(CCCCC(=O)NCCOCCOCCOCCNc1cccc2c1C(=O)N(C1CCC(=O)NC1=O)C2=O)Cc1ccc(-c2[nH]c3cc(F)cc4c3c2CCNC4=O)cc1. The maximum absolute atomic E-state index is 14.3. The summed E-state index contributed by atoms with van der Waals surface area (Å²) in [4.78, 5) is 81.4. The monoisotopic (exact) mass is 853 g/mol.